The highest BCUT2D eigenvalue weighted by molar-refractivity contribution is 6.76. The average Bonchev–Trinajstić information content (AvgIpc) is 2.52. The number of carboxylic acid groups (broad SMARTS) is 1. The van der Waals surface area contributed by atoms with Crippen LogP contribution in [0.3, 0.4) is 0 Å². The molecule has 0 aliphatic rings. The first-order valence-electron chi connectivity index (χ1n) is 7.99. The number of aromatic nitrogens is 1. The van der Waals surface area contributed by atoms with Gasteiger partial charge in [-0.15, -0.1) is 0 Å². The van der Waals surface area contributed by atoms with Crippen LogP contribution in [-0.4, -0.2) is 30.3 Å². The molecule has 0 saturated heterocycles. The third-order valence-electron chi connectivity index (χ3n) is 3.72. The zero-order valence-corrected chi connectivity index (χ0v) is 16.3. The smallest absolute Gasteiger partial charge is 0.337 e. The molecule has 2 rings (SSSR count). The van der Waals surface area contributed by atoms with E-state index in [1.54, 1.807) is 24.3 Å². The van der Waals surface area contributed by atoms with Crippen LogP contribution in [0, 0.1) is 0 Å². The van der Waals surface area contributed by atoms with Gasteiger partial charge in [0.15, 0.2) is 0 Å². The molecule has 0 radical (unpaired) electrons. The molecule has 0 unspecified atom stereocenters. The molecule has 2 aromatic rings. The van der Waals surface area contributed by atoms with Gasteiger partial charge in [-0.2, -0.15) is 0 Å². The minimum Gasteiger partial charge on any atom is -0.478 e. The predicted octanol–water partition coefficient (Wildman–Crippen LogP) is 4.18. The molecule has 0 aliphatic heterocycles. The van der Waals surface area contributed by atoms with E-state index in [0.29, 0.717) is 17.2 Å². The Morgan fingerprint density at radius 1 is 1.24 bits per heavy atom. The van der Waals surface area contributed by atoms with Gasteiger partial charge in [-0.3, -0.25) is 9.36 Å². The summed E-state index contributed by atoms with van der Waals surface area (Å²) >= 11 is 6.17. The van der Waals surface area contributed by atoms with Crippen LogP contribution in [0.15, 0.2) is 41.3 Å². The molecule has 0 aliphatic carbocycles. The van der Waals surface area contributed by atoms with Crippen LogP contribution < -0.4 is 5.56 Å². The fourth-order valence-corrected chi connectivity index (χ4v) is 3.26. The van der Waals surface area contributed by atoms with Gasteiger partial charge in [0.1, 0.15) is 6.73 Å². The van der Waals surface area contributed by atoms with E-state index in [4.69, 9.17) is 16.3 Å². The standard InChI is InChI=1S/C18H22ClNO4Si/c1-25(2,3)9-8-24-12-20-11-13(18(22)23)10-15(17(20)21)14-6-4-5-7-16(14)19/h4-7,10-11H,8-9,12H2,1-3H3,(H,22,23). The number of hydrogen-bond acceptors (Lipinski definition) is 3. The number of pyridine rings is 1. The quantitative estimate of drug-likeness (QED) is 0.578. The van der Waals surface area contributed by atoms with Gasteiger partial charge in [-0.25, -0.2) is 4.79 Å². The number of benzene rings is 1. The van der Waals surface area contributed by atoms with E-state index in [1.165, 1.54) is 16.8 Å². The van der Waals surface area contributed by atoms with Gasteiger partial charge >= 0.3 is 5.97 Å². The number of nitrogens with zero attached hydrogens (tertiary/aromatic N) is 1. The van der Waals surface area contributed by atoms with Gasteiger partial charge in [0.2, 0.25) is 0 Å². The predicted molar refractivity (Wildman–Crippen MR) is 102 cm³/mol. The molecule has 0 bridgehead atoms. The molecule has 1 aromatic carbocycles. The second kappa shape index (κ2) is 7.99. The molecule has 0 fully saturated rings. The van der Waals surface area contributed by atoms with Crippen LogP contribution >= 0.6 is 11.6 Å². The van der Waals surface area contributed by atoms with Crippen LogP contribution in [0.4, 0.5) is 0 Å². The van der Waals surface area contributed by atoms with Gasteiger partial charge in [-0.05, 0) is 18.2 Å². The lowest BCUT2D eigenvalue weighted by Gasteiger charge is -2.16. The first kappa shape index (κ1) is 19.4. The van der Waals surface area contributed by atoms with E-state index in [1.807, 2.05) is 0 Å². The Morgan fingerprint density at radius 2 is 1.92 bits per heavy atom. The summed E-state index contributed by atoms with van der Waals surface area (Å²) < 4.78 is 6.89. The van der Waals surface area contributed by atoms with Gasteiger partial charge in [0.05, 0.1) is 5.56 Å². The number of hydrogen-bond donors (Lipinski definition) is 1. The van der Waals surface area contributed by atoms with E-state index in [-0.39, 0.29) is 23.4 Å². The summed E-state index contributed by atoms with van der Waals surface area (Å²) in [6.07, 6.45) is 1.31. The summed E-state index contributed by atoms with van der Waals surface area (Å²) in [5.74, 6) is -1.11. The van der Waals surface area contributed by atoms with E-state index in [9.17, 15) is 14.7 Å². The molecule has 134 valence electrons. The number of carbonyl (C=O) groups is 1. The molecular weight excluding hydrogens is 358 g/mol. The first-order valence-corrected chi connectivity index (χ1v) is 12.1. The lowest BCUT2D eigenvalue weighted by Crippen LogP contribution is -2.26. The minimum atomic E-state index is -1.23. The van der Waals surface area contributed by atoms with Gasteiger partial charge in [-0.1, -0.05) is 49.4 Å². The molecule has 0 atom stereocenters. The maximum Gasteiger partial charge on any atom is 0.337 e. The van der Waals surface area contributed by atoms with E-state index in [0.717, 1.165) is 6.04 Å². The van der Waals surface area contributed by atoms with Crippen molar-refractivity contribution in [2.24, 2.45) is 0 Å². The van der Waals surface area contributed by atoms with E-state index < -0.39 is 14.0 Å². The molecule has 1 heterocycles. The highest BCUT2D eigenvalue weighted by Crippen LogP contribution is 2.25. The Morgan fingerprint density at radius 3 is 2.52 bits per heavy atom. The summed E-state index contributed by atoms with van der Waals surface area (Å²) in [4.78, 5) is 24.1. The van der Waals surface area contributed by atoms with Crippen molar-refractivity contribution in [1.82, 2.24) is 4.57 Å². The first-order chi connectivity index (χ1) is 11.7. The van der Waals surface area contributed by atoms with Crippen molar-refractivity contribution in [2.45, 2.75) is 32.4 Å². The SMILES string of the molecule is C[Si](C)(C)CCOCn1cc(C(=O)O)cc(-c2ccccc2Cl)c1=O. The topological polar surface area (TPSA) is 68.5 Å². The molecule has 0 amide bonds. The Kier molecular flexibility index (Phi) is 6.21. The number of carboxylic acids is 1. The second-order valence-electron chi connectivity index (χ2n) is 7.05. The number of ether oxygens (including phenoxy) is 1. The van der Waals surface area contributed by atoms with Crippen LogP contribution in [0.25, 0.3) is 11.1 Å². The molecule has 7 heteroatoms. The van der Waals surface area contributed by atoms with Crippen molar-refractivity contribution in [2.75, 3.05) is 6.61 Å². The Labute approximate surface area is 152 Å². The summed E-state index contributed by atoms with van der Waals surface area (Å²) in [5.41, 5.74) is 0.446. The van der Waals surface area contributed by atoms with Crippen LogP contribution in [0.1, 0.15) is 10.4 Å². The zero-order chi connectivity index (χ0) is 18.6. The van der Waals surface area contributed by atoms with Gasteiger partial charge < -0.3 is 9.84 Å². The molecule has 5 nitrogen and oxygen atoms in total. The highest BCUT2D eigenvalue weighted by atomic mass is 35.5. The highest BCUT2D eigenvalue weighted by Gasteiger charge is 2.16. The van der Waals surface area contributed by atoms with Crippen molar-refractivity contribution in [3.63, 3.8) is 0 Å². The van der Waals surface area contributed by atoms with Crippen LogP contribution in [0.5, 0.6) is 0 Å². The van der Waals surface area contributed by atoms with Gasteiger partial charge in [0.25, 0.3) is 5.56 Å². The molecule has 1 aromatic heterocycles. The minimum absolute atomic E-state index is 0.0158. The zero-order valence-electron chi connectivity index (χ0n) is 14.6. The molecule has 1 N–H and O–H groups in total. The summed E-state index contributed by atoms with van der Waals surface area (Å²) in [6.45, 7) is 7.28. The maximum absolute atomic E-state index is 12.7. The normalized spacial score (nSPS) is 11.5. The van der Waals surface area contributed by atoms with E-state index in [2.05, 4.69) is 19.6 Å². The summed E-state index contributed by atoms with van der Waals surface area (Å²) in [7, 11) is -1.23. The second-order valence-corrected chi connectivity index (χ2v) is 13.1. The molecular formula is C18H22ClNO4Si. The fraction of sp³-hybridized carbons (Fsp3) is 0.333. The molecule has 0 spiro atoms. The largest absolute Gasteiger partial charge is 0.478 e. The summed E-state index contributed by atoms with van der Waals surface area (Å²) in [6, 6.07) is 9.19. The lowest BCUT2D eigenvalue weighted by atomic mass is 10.1. The Bertz CT molecular complexity index is 827. The maximum atomic E-state index is 12.7. The number of rotatable bonds is 7. The fourth-order valence-electron chi connectivity index (χ4n) is 2.26. The van der Waals surface area contributed by atoms with Crippen molar-refractivity contribution in [1.29, 1.82) is 0 Å². The molecule has 0 saturated carbocycles. The van der Waals surface area contributed by atoms with E-state index >= 15 is 0 Å². The average molecular weight is 380 g/mol. The third-order valence-corrected chi connectivity index (χ3v) is 5.76. The number of aromatic carboxylic acids is 1. The van der Waals surface area contributed by atoms with Crippen molar-refractivity contribution >= 4 is 25.6 Å². The van der Waals surface area contributed by atoms with Crippen molar-refractivity contribution < 1.29 is 14.6 Å². The third kappa shape index (κ3) is 5.29. The van der Waals surface area contributed by atoms with Crippen molar-refractivity contribution in [3.8, 4) is 11.1 Å². The van der Waals surface area contributed by atoms with Crippen molar-refractivity contribution in [3.05, 3.63) is 57.5 Å². The van der Waals surface area contributed by atoms with Gasteiger partial charge in [0, 0.05) is 37.0 Å². The monoisotopic (exact) mass is 379 g/mol. The summed E-state index contributed by atoms with van der Waals surface area (Å²) in [5, 5.41) is 9.73. The Hall–Kier alpha value is -1.89. The molecule has 25 heavy (non-hydrogen) atoms. The lowest BCUT2D eigenvalue weighted by molar-refractivity contribution is 0.0689. The van der Waals surface area contributed by atoms with Crippen LogP contribution in [-0.2, 0) is 11.5 Å². The Balaban J connectivity index is 2.35. The number of halogens is 1. The van der Waals surface area contributed by atoms with Crippen LogP contribution in [0.2, 0.25) is 30.7 Å².